The maximum absolute atomic E-state index is 12.3. The second-order valence-corrected chi connectivity index (χ2v) is 7.88. The normalized spacial score (nSPS) is 14.2. The fourth-order valence-corrected chi connectivity index (χ4v) is 2.37. The van der Waals surface area contributed by atoms with Crippen molar-refractivity contribution in [3.8, 4) is 5.75 Å². The Morgan fingerprint density at radius 1 is 1.41 bits per heavy atom. The van der Waals surface area contributed by atoms with E-state index in [-0.39, 0.29) is 5.75 Å². The van der Waals surface area contributed by atoms with Crippen LogP contribution in [0.15, 0.2) is 28.7 Å². The third-order valence-corrected chi connectivity index (χ3v) is 4.36. The van der Waals surface area contributed by atoms with Crippen LogP contribution in [-0.4, -0.2) is 27.2 Å². The summed E-state index contributed by atoms with van der Waals surface area (Å²) in [6.45, 7) is 2.58. The monoisotopic (exact) mass is 351 g/mol. The van der Waals surface area contributed by atoms with Gasteiger partial charge < -0.3 is 4.74 Å². The molecule has 1 rings (SSSR count). The molecule has 0 aromatic heterocycles. The van der Waals surface area contributed by atoms with Crippen LogP contribution in [0, 0.1) is 0 Å². The molecule has 1 aromatic carbocycles. The summed E-state index contributed by atoms with van der Waals surface area (Å²) < 4.78 is 45.0. The van der Waals surface area contributed by atoms with Crippen molar-refractivity contribution >= 4 is 28.3 Å². The van der Waals surface area contributed by atoms with Gasteiger partial charge in [-0.1, -0.05) is 12.1 Å². The van der Waals surface area contributed by atoms with Crippen molar-refractivity contribution in [3.63, 3.8) is 0 Å². The number of halogens is 3. The fourth-order valence-electron chi connectivity index (χ4n) is 1.57. The predicted octanol–water partition coefficient (Wildman–Crippen LogP) is 4.56. The largest absolute Gasteiger partial charge is 0.435 e. The first-order valence-electron chi connectivity index (χ1n) is 6.85. The molecule has 0 aliphatic heterocycles. The van der Waals surface area contributed by atoms with Gasteiger partial charge in [0.15, 0.2) is 0 Å². The van der Waals surface area contributed by atoms with Crippen molar-refractivity contribution in [2.45, 2.75) is 45.0 Å². The molecule has 1 aromatic rings. The number of alkyl halides is 3. The number of ether oxygens (including phenoxy) is 1. The highest BCUT2D eigenvalue weighted by molar-refractivity contribution is 7.85. The summed E-state index contributed by atoms with van der Waals surface area (Å²) in [4.78, 5) is 0. The van der Waals surface area contributed by atoms with E-state index < -0.39 is 22.3 Å². The molecular weight excluding hydrogens is 332 g/mol. The highest BCUT2D eigenvalue weighted by Crippen LogP contribution is 2.20. The highest BCUT2D eigenvalue weighted by atomic mass is 35.5. The molecule has 0 unspecified atom stereocenters. The van der Waals surface area contributed by atoms with E-state index in [2.05, 4.69) is 9.13 Å². The van der Waals surface area contributed by atoms with E-state index in [1.807, 2.05) is 20.8 Å². The Labute approximate surface area is 137 Å². The van der Waals surface area contributed by atoms with Crippen molar-refractivity contribution < 1.29 is 17.7 Å². The van der Waals surface area contributed by atoms with Crippen LogP contribution in [0.5, 0.6) is 5.75 Å². The molecule has 22 heavy (non-hydrogen) atoms. The van der Waals surface area contributed by atoms with E-state index in [0.29, 0.717) is 30.0 Å². The van der Waals surface area contributed by atoms with Gasteiger partial charge in [0.1, 0.15) is 16.7 Å². The summed E-state index contributed by atoms with van der Waals surface area (Å²) in [5.41, 5.74) is 1.19. The maximum atomic E-state index is 12.3. The van der Waals surface area contributed by atoms with Gasteiger partial charge >= 0.3 is 6.61 Å². The van der Waals surface area contributed by atoms with Gasteiger partial charge in [-0.25, -0.2) is 4.21 Å². The van der Waals surface area contributed by atoms with Gasteiger partial charge in [0.25, 0.3) is 0 Å². The lowest BCUT2D eigenvalue weighted by Crippen LogP contribution is -2.21. The molecule has 0 saturated carbocycles. The second kappa shape index (κ2) is 8.58. The van der Waals surface area contributed by atoms with Gasteiger partial charge in [0.05, 0.1) is 10.5 Å². The Balaban J connectivity index is 3.11. The zero-order valence-electron chi connectivity index (χ0n) is 12.8. The van der Waals surface area contributed by atoms with Crippen LogP contribution in [0.3, 0.4) is 0 Å². The van der Waals surface area contributed by atoms with E-state index in [0.717, 1.165) is 0 Å². The molecule has 0 aliphatic rings. The van der Waals surface area contributed by atoms with Crippen molar-refractivity contribution in [2.24, 2.45) is 4.40 Å². The Hall–Kier alpha value is -1.01. The Morgan fingerprint density at radius 3 is 2.64 bits per heavy atom. The highest BCUT2D eigenvalue weighted by Gasteiger charge is 2.20. The SMILES string of the molecule is CC(C)(C)[S@](=O)/N=C(/CCCCl)c1cccc(OC(F)F)c1. The van der Waals surface area contributed by atoms with Crippen LogP contribution in [-0.2, 0) is 11.0 Å². The van der Waals surface area contributed by atoms with E-state index >= 15 is 0 Å². The maximum Gasteiger partial charge on any atom is 0.387 e. The lowest BCUT2D eigenvalue weighted by Gasteiger charge is -2.15. The molecule has 0 amide bonds. The van der Waals surface area contributed by atoms with Gasteiger partial charge in [0.2, 0.25) is 0 Å². The molecular formula is C15H20ClF2NO2S. The minimum Gasteiger partial charge on any atom is -0.435 e. The predicted molar refractivity (Wildman–Crippen MR) is 87.5 cm³/mol. The summed E-state index contributed by atoms with van der Waals surface area (Å²) in [5.74, 6) is 0.488. The zero-order valence-corrected chi connectivity index (χ0v) is 14.4. The molecule has 0 N–H and O–H groups in total. The van der Waals surface area contributed by atoms with Crippen molar-refractivity contribution in [1.29, 1.82) is 0 Å². The molecule has 3 nitrogen and oxygen atoms in total. The third-order valence-electron chi connectivity index (χ3n) is 2.66. The minimum absolute atomic E-state index is 0.0487. The molecule has 0 radical (unpaired) electrons. The number of hydrogen-bond acceptors (Lipinski definition) is 2. The summed E-state index contributed by atoms with van der Waals surface area (Å²) in [6.07, 6.45) is 1.17. The Morgan fingerprint density at radius 2 is 2.09 bits per heavy atom. The first kappa shape index (κ1) is 19.0. The van der Waals surface area contributed by atoms with Gasteiger partial charge in [-0.2, -0.15) is 13.2 Å². The van der Waals surface area contributed by atoms with Crippen molar-refractivity contribution in [2.75, 3.05) is 5.88 Å². The lowest BCUT2D eigenvalue weighted by molar-refractivity contribution is -0.0498. The van der Waals surface area contributed by atoms with Crippen LogP contribution in [0.4, 0.5) is 8.78 Å². The lowest BCUT2D eigenvalue weighted by atomic mass is 10.1. The molecule has 0 heterocycles. The van der Waals surface area contributed by atoms with Gasteiger partial charge in [-0.3, -0.25) is 0 Å². The Bertz CT molecular complexity index is 545. The van der Waals surface area contributed by atoms with E-state index in [1.165, 1.54) is 12.1 Å². The average Bonchev–Trinajstić information content (AvgIpc) is 2.41. The van der Waals surface area contributed by atoms with Crippen molar-refractivity contribution in [3.05, 3.63) is 29.8 Å². The minimum atomic E-state index is -2.89. The van der Waals surface area contributed by atoms with Crippen LogP contribution < -0.4 is 4.74 Å². The molecule has 124 valence electrons. The summed E-state index contributed by atoms with van der Waals surface area (Å²) in [5, 5.41) is 0. The van der Waals surface area contributed by atoms with Crippen LogP contribution in [0.2, 0.25) is 0 Å². The number of hydrogen-bond donors (Lipinski definition) is 0. The molecule has 0 aliphatic carbocycles. The standard InChI is InChI=1S/C15H20ClF2NO2S/c1-15(2,3)22(20)19-13(8-5-9-16)11-6-4-7-12(10-11)21-14(17)18/h4,6-7,10,14H,5,8-9H2,1-3H3/b19-13-/t22-/m0/s1. The van der Waals surface area contributed by atoms with E-state index in [4.69, 9.17) is 11.6 Å². The molecule has 0 bridgehead atoms. The zero-order chi connectivity index (χ0) is 16.8. The smallest absolute Gasteiger partial charge is 0.387 e. The molecule has 0 fully saturated rings. The van der Waals surface area contributed by atoms with Gasteiger partial charge in [0, 0.05) is 11.4 Å². The van der Waals surface area contributed by atoms with E-state index in [9.17, 15) is 13.0 Å². The topological polar surface area (TPSA) is 38.7 Å². The van der Waals surface area contributed by atoms with Gasteiger partial charge in [-0.05, 0) is 45.7 Å². The fraction of sp³-hybridized carbons (Fsp3) is 0.533. The summed E-state index contributed by atoms with van der Waals surface area (Å²) in [6, 6.07) is 6.24. The van der Waals surface area contributed by atoms with Crippen LogP contribution >= 0.6 is 11.6 Å². The molecule has 1 atom stereocenters. The quantitative estimate of drug-likeness (QED) is 0.533. The number of nitrogens with zero attached hydrogens (tertiary/aromatic N) is 1. The average molecular weight is 352 g/mol. The summed E-state index contributed by atoms with van der Waals surface area (Å²) >= 11 is 5.70. The number of benzene rings is 1. The molecule has 7 heteroatoms. The first-order chi connectivity index (χ1) is 10.2. The molecule has 0 spiro atoms. The van der Waals surface area contributed by atoms with Gasteiger partial charge in [-0.15, -0.1) is 11.6 Å². The number of rotatable bonds is 7. The third kappa shape index (κ3) is 6.40. The molecule has 0 saturated heterocycles. The summed E-state index contributed by atoms with van der Waals surface area (Å²) in [7, 11) is -1.43. The van der Waals surface area contributed by atoms with E-state index in [1.54, 1.807) is 12.1 Å². The Kier molecular flexibility index (Phi) is 7.42. The van der Waals surface area contributed by atoms with Crippen LogP contribution in [0.1, 0.15) is 39.2 Å². The van der Waals surface area contributed by atoms with Crippen LogP contribution in [0.25, 0.3) is 0 Å². The second-order valence-electron chi connectivity index (χ2n) is 5.60. The first-order valence-corrected chi connectivity index (χ1v) is 8.49. The van der Waals surface area contributed by atoms with Crippen molar-refractivity contribution in [1.82, 2.24) is 0 Å².